The van der Waals surface area contributed by atoms with Gasteiger partial charge in [-0.15, -0.1) is 0 Å². The standard InChI is InChI=1S/C17H23N3O3/c1-4-9-19(10-11-21)17(23)15-13-7-5-6-8-14(13)16(22)20(18-15)12(2)3/h5-8,12,21H,4,9-11H2,1-3H3. The van der Waals surface area contributed by atoms with Gasteiger partial charge in [-0.3, -0.25) is 9.59 Å². The van der Waals surface area contributed by atoms with Crippen molar-refractivity contribution in [3.05, 3.63) is 40.3 Å². The number of aromatic nitrogens is 2. The van der Waals surface area contributed by atoms with Gasteiger partial charge in [0, 0.05) is 18.5 Å². The Morgan fingerprint density at radius 1 is 1.26 bits per heavy atom. The number of carbonyl (C=O) groups excluding carboxylic acids is 1. The van der Waals surface area contributed by atoms with Gasteiger partial charge in [0.15, 0.2) is 5.69 Å². The summed E-state index contributed by atoms with van der Waals surface area (Å²) in [6, 6.07) is 6.88. The first kappa shape index (κ1) is 17.1. The number of fused-ring (bicyclic) bond motifs is 1. The molecule has 0 saturated carbocycles. The largest absolute Gasteiger partial charge is 0.395 e. The topological polar surface area (TPSA) is 75.4 Å². The highest BCUT2D eigenvalue weighted by molar-refractivity contribution is 6.04. The fourth-order valence-electron chi connectivity index (χ4n) is 2.57. The van der Waals surface area contributed by atoms with Gasteiger partial charge < -0.3 is 10.0 Å². The molecule has 2 aromatic rings. The quantitative estimate of drug-likeness (QED) is 0.882. The van der Waals surface area contributed by atoms with Crippen molar-refractivity contribution in [2.24, 2.45) is 0 Å². The van der Waals surface area contributed by atoms with Gasteiger partial charge in [0.1, 0.15) is 0 Å². The molecular formula is C17H23N3O3. The molecule has 0 aliphatic carbocycles. The van der Waals surface area contributed by atoms with Crippen LogP contribution in [0.5, 0.6) is 0 Å². The smallest absolute Gasteiger partial charge is 0.275 e. The number of rotatable bonds is 6. The van der Waals surface area contributed by atoms with Gasteiger partial charge in [0.25, 0.3) is 11.5 Å². The van der Waals surface area contributed by atoms with Crippen LogP contribution in [0.2, 0.25) is 0 Å². The van der Waals surface area contributed by atoms with Crippen LogP contribution in [0.4, 0.5) is 0 Å². The lowest BCUT2D eigenvalue weighted by molar-refractivity contribution is 0.0715. The van der Waals surface area contributed by atoms with E-state index in [0.29, 0.717) is 17.3 Å². The maximum atomic E-state index is 12.9. The maximum Gasteiger partial charge on any atom is 0.275 e. The zero-order chi connectivity index (χ0) is 17.0. The van der Waals surface area contributed by atoms with Crippen molar-refractivity contribution >= 4 is 16.7 Å². The number of hydrogen-bond acceptors (Lipinski definition) is 4. The summed E-state index contributed by atoms with van der Waals surface area (Å²) < 4.78 is 1.35. The third-order valence-electron chi connectivity index (χ3n) is 3.67. The van der Waals surface area contributed by atoms with Crippen LogP contribution in [0.15, 0.2) is 29.1 Å². The second-order valence-electron chi connectivity index (χ2n) is 5.75. The SMILES string of the molecule is CCCN(CCO)C(=O)c1nn(C(C)C)c(=O)c2ccccc12. The zero-order valence-corrected chi connectivity index (χ0v) is 13.8. The molecule has 0 unspecified atom stereocenters. The lowest BCUT2D eigenvalue weighted by Crippen LogP contribution is -2.37. The Bertz CT molecular complexity index is 746. The van der Waals surface area contributed by atoms with Crippen LogP contribution in [0.1, 0.15) is 43.7 Å². The molecule has 0 aliphatic heterocycles. The van der Waals surface area contributed by atoms with Gasteiger partial charge in [-0.2, -0.15) is 5.10 Å². The van der Waals surface area contributed by atoms with Crippen LogP contribution in [-0.4, -0.2) is 45.4 Å². The molecule has 6 heteroatoms. The highest BCUT2D eigenvalue weighted by Gasteiger charge is 2.22. The fraction of sp³-hybridized carbons (Fsp3) is 0.471. The molecule has 1 aromatic heterocycles. The van der Waals surface area contributed by atoms with Gasteiger partial charge in [-0.05, 0) is 26.3 Å². The van der Waals surface area contributed by atoms with Crippen LogP contribution in [-0.2, 0) is 0 Å². The molecule has 1 aromatic carbocycles. The first-order valence-electron chi connectivity index (χ1n) is 7.93. The van der Waals surface area contributed by atoms with Crippen molar-refractivity contribution in [1.29, 1.82) is 0 Å². The molecule has 0 aliphatic rings. The van der Waals surface area contributed by atoms with Crippen LogP contribution in [0.25, 0.3) is 10.8 Å². The maximum absolute atomic E-state index is 12.9. The Morgan fingerprint density at radius 3 is 2.48 bits per heavy atom. The first-order valence-corrected chi connectivity index (χ1v) is 7.93. The number of nitrogens with zero attached hydrogens (tertiary/aromatic N) is 3. The average molecular weight is 317 g/mol. The van der Waals surface area contributed by atoms with E-state index in [4.69, 9.17) is 0 Å². The number of carbonyl (C=O) groups is 1. The third kappa shape index (κ3) is 3.42. The Labute approximate surface area is 135 Å². The van der Waals surface area contributed by atoms with Crippen molar-refractivity contribution in [3.63, 3.8) is 0 Å². The van der Waals surface area contributed by atoms with E-state index in [9.17, 15) is 14.7 Å². The van der Waals surface area contributed by atoms with Crippen LogP contribution in [0, 0.1) is 0 Å². The molecule has 6 nitrogen and oxygen atoms in total. The number of aliphatic hydroxyl groups is 1. The van der Waals surface area contributed by atoms with Gasteiger partial charge >= 0.3 is 0 Å². The summed E-state index contributed by atoms with van der Waals surface area (Å²) in [7, 11) is 0. The van der Waals surface area contributed by atoms with Gasteiger partial charge in [0.05, 0.1) is 18.0 Å². The predicted octanol–water partition coefficient (Wildman–Crippen LogP) is 1.82. The van der Waals surface area contributed by atoms with Crippen molar-refractivity contribution in [2.45, 2.75) is 33.2 Å². The Kier molecular flexibility index (Phi) is 5.50. The normalized spacial score (nSPS) is 11.2. The Morgan fingerprint density at radius 2 is 1.91 bits per heavy atom. The second-order valence-corrected chi connectivity index (χ2v) is 5.75. The molecule has 0 spiro atoms. The molecule has 1 amide bonds. The molecule has 1 heterocycles. The number of hydrogen-bond donors (Lipinski definition) is 1. The highest BCUT2D eigenvalue weighted by atomic mass is 16.3. The fourth-order valence-corrected chi connectivity index (χ4v) is 2.57. The molecule has 1 N–H and O–H groups in total. The second kappa shape index (κ2) is 7.37. The summed E-state index contributed by atoms with van der Waals surface area (Å²) in [6.45, 7) is 6.37. The van der Waals surface area contributed by atoms with Crippen molar-refractivity contribution < 1.29 is 9.90 Å². The third-order valence-corrected chi connectivity index (χ3v) is 3.67. The summed E-state index contributed by atoms with van der Waals surface area (Å²) in [5, 5.41) is 14.5. The molecule has 0 saturated heterocycles. The minimum absolute atomic E-state index is 0.104. The average Bonchev–Trinajstić information content (AvgIpc) is 2.54. The van der Waals surface area contributed by atoms with Crippen LogP contribution >= 0.6 is 0 Å². The molecule has 0 radical (unpaired) electrons. The van der Waals surface area contributed by atoms with Gasteiger partial charge in [-0.1, -0.05) is 25.1 Å². The number of aliphatic hydroxyl groups excluding tert-OH is 1. The summed E-state index contributed by atoms with van der Waals surface area (Å²) >= 11 is 0. The van der Waals surface area contributed by atoms with E-state index in [1.54, 1.807) is 29.2 Å². The summed E-state index contributed by atoms with van der Waals surface area (Å²) in [5.74, 6) is -0.258. The molecular weight excluding hydrogens is 294 g/mol. The predicted molar refractivity (Wildman–Crippen MR) is 89.7 cm³/mol. The molecule has 0 atom stereocenters. The first-order chi connectivity index (χ1) is 11.0. The number of amides is 1. The Hall–Kier alpha value is -2.21. The lowest BCUT2D eigenvalue weighted by atomic mass is 10.1. The lowest BCUT2D eigenvalue weighted by Gasteiger charge is -2.22. The molecule has 23 heavy (non-hydrogen) atoms. The van der Waals surface area contributed by atoms with E-state index in [2.05, 4.69) is 5.10 Å². The molecule has 124 valence electrons. The van der Waals surface area contributed by atoms with Crippen molar-refractivity contribution in [3.8, 4) is 0 Å². The highest BCUT2D eigenvalue weighted by Crippen LogP contribution is 2.16. The van der Waals surface area contributed by atoms with Crippen LogP contribution in [0.3, 0.4) is 0 Å². The monoisotopic (exact) mass is 317 g/mol. The minimum atomic E-state index is -0.258. The molecule has 0 fully saturated rings. The van der Waals surface area contributed by atoms with E-state index in [1.165, 1.54) is 4.68 Å². The summed E-state index contributed by atoms with van der Waals surface area (Å²) in [5.41, 5.74) is 0.0622. The summed E-state index contributed by atoms with van der Waals surface area (Å²) in [6.07, 6.45) is 0.785. The van der Waals surface area contributed by atoms with Crippen molar-refractivity contribution in [1.82, 2.24) is 14.7 Å². The molecule has 0 bridgehead atoms. The van der Waals surface area contributed by atoms with E-state index in [1.807, 2.05) is 20.8 Å². The van der Waals surface area contributed by atoms with E-state index < -0.39 is 0 Å². The van der Waals surface area contributed by atoms with E-state index in [0.717, 1.165) is 6.42 Å². The van der Waals surface area contributed by atoms with E-state index >= 15 is 0 Å². The summed E-state index contributed by atoms with van der Waals surface area (Å²) in [4.78, 5) is 26.9. The molecule has 2 rings (SSSR count). The zero-order valence-electron chi connectivity index (χ0n) is 13.8. The van der Waals surface area contributed by atoms with Crippen molar-refractivity contribution in [2.75, 3.05) is 19.7 Å². The minimum Gasteiger partial charge on any atom is -0.395 e. The van der Waals surface area contributed by atoms with Crippen LogP contribution < -0.4 is 5.56 Å². The number of benzene rings is 1. The Balaban J connectivity index is 2.65. The van der Waals surface area contributed by atoms with E-state index in [-0.39, 0.29) is 36.4 Å². The van der Waals surface area contributed by atoms with Gasteiger partial charge in [0.2, 0.25) is 0 Å². The van der Waals surface area contributed by atoms with Gasteiger partial charge in [-0.25, -0.2) is 4.68 Å².